The predicted octanol–water partition coefficient (Wildman–Crippen LogP) is 5.10. The van der Waals surface area contributed by atoms with Gasteiger partial charge in [0.1, 0.15) is 5.60 Å². The van der Waals surface area contributed by atoms with Crippen LogP contribution in [-0.2, 0) is 16.0 Å². The molecule has 1 aliphatic heterocycles. The van der Waals surface area contributed by atoms with Crippen LogP contribution < -0.4 is 5.32 Å². The fourth-order valence-corrected chi connectivity index (χ4v) is 4.28. The zero-order chi connectivity index (χ0) is 24.3. The molecule has 0 aliphatic carbocycles. The van der Waals surface area contributed by atoms with Gasteiger partial charge in [-0.2, -0.15) is 5.10 Å². The molecule has 1 aromatic heterocycles. The third-order valence-corrected chi connectivity index (χ3v) is 6.56. The Bertz CT molecular complexity index is 1020. The molecule has 1 aromatic carbocycles. The van der Waals surface area contributed by atoms with Crippen molar-refractivity contribution in [2.24, 2.45) is 5.92 Å². The van der Waals surface area contributed by atoms with Crippen LogP contribution in [0.3, 0.4) is 0 Å². The van der Waals surface area contributed by atoms with E-state index in [0.717, 1.165) is 35.5 Å². The van der Waals surface area contributed by atoms with Gasteiger partial charge in [0.25, 0.3) is 0 Å². The Labute approximate surface area is 205 Å². The maximum absolute atomic E-state index is 13.0. The molecular formula is C24H32Cl2N4O3. The highest BCUT2D eigenvalue weighted by atomic mass is 35.5. The highest BCUT2D eigenvalue weighted by Crippen LogP contribution is 2.27. The van der Waals surface area contributed by atoms with Crippen molar-refractivity contribution < 1.29 is 14.3 Å². The zero-order valence-corrected chi connectivity index (χ0v) is 21.4. The van der Waals surface area contributed by atoms with E-state index in [0.29, 0.717) is 42.0 Å². The van der Waals surface area contributed by atoms with Crippen LogP contribution in [0, 0.1) is 19.8 Å². The highest BCUT2D eigenvalue weighted by molar-refractivity contribution is 6.42. The molecule has 1 N–H and O–H groups in total. The first kappa shape index (κ1) is 25.4. The number of halogens is 2. The molecule has 0 radical (unpaired) electrons. The summed E-state index contributed by atoms with van der Waals surface area (Å²) in [5.74, 6) is 0.427. The van der Waals surface area contributed by atoms with E-state index >= 15 is 0 Å². The number of likely N-dealkylation sites (tertiary alicyclic amines) is 1. The fraction of sp³-hybridized carbons (Fsp3) is 0.542. The average molecular weight is 495 g/mol. The molecule has 2 aromatic rings. The van der Waals surface area contributed by atoms with E-state index in [2.05, 4.69) is 10.4 Å². The number of hydrogen-bond acceptors (Lipinski definition) is 4. The lowest BCUT2D eigenvalue weighted by atomic mass is 9.96. The first-order valence-electron chi connectivity index (χ1n) is 11.2. The first-order valence-corrected chi connectivity index (χ1v) is 12.0. The average Bonchev–Trinajstić information content (AvgIpc) is 3.01. The molecule has 1 saturated heterocycles. The Hall–Kier alpha value is -2.25. The Morgan fingerprint density at radius 2 is 1.82 bits per heavy atom. The molecule has 180 valence electrons. The van der Waals surface area contributed by atoms with Gasteiger partial charge < -0.3 is 15.0 Å². The molecular weight excluding hydrogens is 463 g/mol. The largest absolute Gasteiger partial charge is 0.444 e. The number of carbonyl (C=O) groups excluding carboxylic acids is 2. The van der Waals surface area contributed by atoms with E-state index in [-0.39, 0.29) is 5.91 Å². The minimum Gasteiger partial charge on any atom is -0.444 e. The number of amides is 2. The number of rotatable bonds is 5. The lowest BCUT2D eigenvalue weighted by Gasteiger charge is -2.32. The Kier molecular flexibility index (Phi) is 7.96. The van der Waals surface area contributed by atoms with Crippen LogP contribution in [-0.4, -0.2) is 51.9 Å². The van der Waals surface area contributed by atoms with Crippen molar-refractivity contribution in [1.82, 2.24) is 20.0 Å². The van der Waals surface area contributed by atoms with Crippen LogP contribution in [0.15, 0.2) is 18.2 Å². The van der Waals surface area contributed by atoms with E-state index in [4.69, 9.17) is 27.9 Å². The van der Waals surface area contributed by atoms with Crippen molar-refractivity contribution in [2.45, 2.75) is 59.5 Å². The van der Waals surface area contributed by atoms with Gasteiger partial charge in [0.05, 0.1) is 27.8 Å². The van der Waals surface area contributed by atoms with E-state index < -0.39 is 11.7 Å². The number of benzene rings is 1. The molecule has 0 atom stereocenters. The summed E-state index contributed by atoms with van der Waals surface area (Å²) < 4.78 is 7.09. The van der Waals surface area contributed by atoms with Gasteiger partial charge in [-0.1, -0.05) is 23.2 Å². The van der Waals surface area contributed by atoms with Gasteiger partial charge in [0, 0.05) is 30.9 Å². The number of alkyl carbamates (subject to hydrolysis) is 1. The van der Waals surface area contributed by atoms with Crippen molar-refractivity contribution in [3.05, 3.63) is 45.2 Å². The Morgan fingerprint density at radius 3 is 2.42 bits per heavy atom. The quantitative estimate of drug-likeness (QED) is 0.626. The van der Waals surface area contributed by atoms with Crippen LogP contribution in [0.4, 0.5) is 4.79 Å². The van der Waals surface area contributed by atoms with Crippen molar-refractivity contribution in [1.29, 1.82) is 0 Å². The second-order valence-electron chi connectivity index (χ2n) is 9.54. The summed E-state index contributed by atoms with van der Waals surface area (Å²) in [6, 6.07) is 5.36. The number of aryl methyl sites for hydroxylation is 1. The molecule has 2 amide bonds. The summed E-state index contributed by atoms with van der Waals surface area (Å²) in [5.41, 5.74) is 2.96. The summed E-state index contributed by atoms with van der Waals surface area (Å²) in [6.45, 7) is 11.3. The van der Waals surface area contributed by atoms with Gasteiger partial charge in [-0.05, 0) is 71.6 Å². The SMILES string of the molecule is Cc1nn(-c2ccc(Cl)c(Cl)c2)c(C)c1CC(=O)N1CCC(CNC(=O)OC(C)(C)C)CC1. The van der Waals surface area contributed by atoms with E-state index in [9.17, 15) is 9.59 Å². The first-order chi connectivity index (χ1) is 15.4. The van der Waals surface area contributed by atoms with Crippen LogP contribution in [0.25, 0.3) is 5.69 Å². The molecule has 0 saturated carbocycles. The van der Waals surface area contributed by atoms with Gasteiger partial charge in [0.15, 0.2) is 0 Å². The standard InChI is InChI=1S/C24H32Cl2N4O3/c1-15-19(16(2)30(28-15)18-6-7-20(25)21(26)12-18)13-22(31)29-10-8-17(9-11-29)14-27-23(32)33-24(3,4)5/h6-7,12,17H,8-11,13-14H2,1-5H3,(H,27,32). The number of ether oxygens (including phenoxy) is 1. The molecule has 0 spiro atoms. The van der Waals surface area contributed by atoms with E-state index in [1.807, 2.05) is 45.6 Å². The molecule has 2 heterocycles. The number of aromatic nitrogens is 2. The van der Waals surface area contributed by atoms with Crippen LogP contribution in [0.1, 0.15) is 50.6 Å². The smallest absolute Gasteiger partial charge is 0.407 e. The number of carbonyl (C=O) groups is 2. The van der Waals surface area contributed by atoms with Gasteiger partial charge in [-0.3, -0.25) is 4.79 Å². The lowest BCUT2D eigenvalue weighted by Crippen LogP contribution is -2.43. The topological polar surface area (TPSA) is 76.5 Å². The highest BCUT2D eigenvalue weighted by Gasteiger charge is 2.26. The van der Waals surface area contributed by atoms with Crippen molar-refractivity contribution in [2.75, 3.05) is 19.6 Å². The summed E-state index contributed by atoms with van der Waals surface area (Å²) in [7, 11) is 0. The molecule has 3 rings (SSSR count). The van der Waals surface area contributed by atoms with E-state index in [1.165, 1.54) is 0 Å². The maximum atomic E-state index is 13.0. The van der Waals surface area contributed by atoms with Gasteiger partial charge in [0.2, 0.25) is 5.91 Å². The fourth-order valence-electron chi connectivity index (χ4n) is 3.99. The number of nitrogens with zero attached hydrogens (tertiary/aromatic N) is 3. The number of piperidine rings is 1. The molecule has 9 heteroatoms. The van der Waals surface area contributed by atoms with Crippen molar-refractivity contribution in [3.8, 4) is 5.69 Å². The Balaban J connectivity index is 1.56. The molecule has 0 bridgehead atoms. The summed E-state index contributed by atoms with van der Waals surface area (Å²) >= 11 is 12.2. The lowest BCUT2D eigenvalue weighted by molar-refractivity contribution is -0.131. The summed E-state index contributed by atoms with van der Waals surface area (Å²) in [6.07, 6.45) is 1.61. The maximum Gasteiger partial charge on any atom is 0.407 e. The summed E-state index contributed by atoms with van der Waals surface area (Å²) in [4.78, 5) is 26.8. The third-order valence-electron chi connectivity index (χ3n) is 5.82. The molecule has 1 aliphatic rings. The minimum absolute atomic E-state index is 0.0911. The monoisotopic (exact) mass is 494 g/mol. The normalized spacial score (nSPS) is 14.9. The van der Waals surface area contributed by atoms with E-state index in [1.54, 1.807) is 16.8 Å². The zero-order valence-electron chi connectivity index (χ0n) is 19.9. The second kappa shape index (κ2) is 10.3. The van der Waals surface area contributed by atoms with Gasteiger partial charge in [-0.15, -0.1) is 0 Å². The van der Waals surface area contributed by atoms with Crippen molar-refractivity contribution in [3.63, 3.8) is 0 Å². The van der Waals surface area contributed by atoms with Gasteiger partial charge >= 0.3 is 6.09 Å². The van der Waals surface area contributed by atoms with Crippen LogP contribution in [0.5, 0.6) is 0 Å². The Morgan fingerprint density at radius 1 is 1.15 bits per heavy atom. The second-order valence-corrected chi connectivity index (χ2v) is 10.4. The van der Waals surface area contributed by atoms with Gasteiger partial charge in [-0.25, -0.2) is 9.48 Å². The molecule has 7 nitrogen and oxygen atoms in total. The van der Waals surface area contributed by atoms with Crippen LogP contribution >= 0.6 is 23.2 Å². The number of nitrogens with one attached hydrogen (secondary N) is 1. The molecule has 0 unspecified atom stereocenters. The molecule has 1 fully saturated rings. The summed E-state index contributed by atoms with van der Waals surface area (Å²) in [5, 5.41) is 8.41. The number of hydrogen-bond donors (Lipinski definition) is 1. The third kappa shape index (κ3) is 6.64. The minimum atomic E-state index is -0.510. The predicted molar refractivity (Wildman–Crippen MR) is 130 cm³/mol. The van der Waals surface area contributed by atoms with Crippen LogP contribution in [0.2, 0.25) is 10.0 Å². The molecule has 33 heavy (non-hydrogen) atoms. The van der Waals surface area contributed by atoms with Crippen molar-refractivity contribution >= 4 is 35.2 Å².